The molecule has 16 heavy (non-hydrogen) atoms. The second kappa shape index (κ2) is 5.09. The van der Waals surface area contributed by atoms with Crippen molar-refractivity contribution in [3.05, 3.63) is 35.9 Å². The highest BCUT2D eigenvalue weighted by Gasteiger charge is 2.26. The molecule has 86 valence electrons. The molecule has 0 radical (unpaired) electrons. The summed E-state index contributed by atoms with van der Waals surface area (Å²) in [7, 11) is 0. The number of rotatable bonds is 4. The van der Waals surface area contributed by atoms with Crippen molar-refractivity contribution >= 4 is 5.91 Å². The zero-order valence-corrected chi connectivity index (χ0v) is 9.02. The van der Waals surface area contributed by atoms with Gasteiger partial charge in [-0.2, -0.15) is 0 Å². The van der Waals surface area contributed by atoms with Gasteiger partial charge in [0.25, 0.3) is 0 Å². The number of nitrogens with one attached hydrogen (secondary N) is 2. The standard InChI is InChI=1S/C12H16N2O2/c15-8-11(9-4-2-1-3-5-9)14-12(16)10-6-13-7-10/h1-5,10-11,13,15H,6-8H2,(H,14,16)/t11-/m0/s1. The number of benzene rings is 1. The Morgan fingerprint density at radius 1 is 1.44 bits per heavy atom. The maximum atomic E-state index is 11.7. The van der Waals surface area contributed by atoms with E-state index < -0.39 is 0 Å². The van der Waals surface area contributed by atoms with Crippen LogP contribution in [-0.2, 0) is 4.79 Å². The Bertz CT molecular complexity index is 349. The molecule has 1 aromatic rings. The molecule has 0 bridgehead atoms. The quantitative estimate of drug-likeness (QED) is 0.672. The third-order valence-electron chi connectivity index (χ3n) is 2.85. The molecule has 0 aliphatic carbocycles. The fraction of sp³-hybridized carbons (Fsp3) is 0.417. The first-order valence-corrected chi connectivity index (χ1v) is 5.48. The highest BCUT2D eigenvalue weighted by molar-refractivity contribution is 5.80. The highest BCUT2D eigenvalue weighted by Crippen LogP contribution is 2.13. The molecular weight excluding hydrogens is 204 g/mol. The van der Waals surface area contributed by atoms with Crippen LogP contribution in [-0.4, -0.2) is 30.7 Å². The summed E-state index contributed by atoms with van der Waals surface area (Å²) in [6.07, 6.45) is 0. The lowest BCUT2D eigenvalue weighted by Crippen LogP contribution is -2.51. The molecule has 1 aliphatic heterocycles. The minimum atomic E-state index is -0.297. The lowest BCUT2D eigenvalue weighted by molar-refractivity contribution is -0.127. The van der Waals surface area contributed by atoms with Gasteiger partial charge in [-0.3, -0.25) is 4.79 Å². The van der Waals surface area contributed by atoms with E-state index in [0.717, 1.165) is 18.7 Å². The van der Waals surface area contributed by atoms with Crippen LogP contribution in [0.15, 0.2) is 30.3 Å². The van der Waals surface area contributed by atoms with Crippen LogP contribution in [0.4, 0.5) is 0 Å². The smallest absolute Gasteiger partial charge is 0.226 e. The van der Waals surface area contributed by atoms with E-state index in [2.05, 4.69) is 10.6 Å². The van der Waals surface area contributed by atoms with Crippen molar-refractivity contribution in [1.29, 1.82) is 0 Å². The van der Waals surface area contributed by atoms with Crippen molar-refractivity contribution in [2.45, 2.75) is 6.04 Å². The Kier molecular flexibility index (Phi) is 3.54. The van der Waals surface area contributed by atoms with Crippen molar-refractivity contribution in [1.82, 2.24) is 10.6 Å². The highest BCUT2D eigenvalue weighted by atomic mass is 16.3. The maximum Gasteiger partial charge on any atom is 0.226 e. The lowest BCUT2D eigenvalue weighted by Gasteiger charge is -2.28. The fourth-order valence-electron chi connectivity index (χ4n) is 1.68. The molecule has 0 unspecified atom stereocenters. The molecule has 0 aromatic heterocycles. The molecule has 4 heteroatoms. The molecule has 4 nitrogen and oxygen atoms in total. The van der Waals surface area contributed by atoms with Crippen LogP contribution >= 0.6 is 0 Å². The number of carbonyl (C=O) groups is 1. The summed E-state index contributed by atoms with van der Waals surface area (Å²) in [6.45, 7) is 1.40. The molecule has 0 spiro atoms. The van der Waals surface area contributed by atoms with E-state index in [0.29, 0.717) is 0 Å². The zero-order chi connectivity index (χ0) is 11.4. The van der Waals surface area contributed by atoms with Gasteiger partial charge in [-0.1, -0.05) is 30.3 Å². The molecule has 1 aromatic carbocycles. The molecule has 1 fully saturated rings. The van der Waals surface area contributed by atoms with Gasteiger partial charge in [-0.05, 0) is 5.56 Å². The minimum absolute atomic E-state index is 0.0154. The van der Waals surface area contributed by atoms with Crippen LogP contribution < -0.4 is 10.6 Å². The first-order valence-electron chi connectivity index (χ1n) is 5.48. The largest absolute Gasteiger partial charge is 0.394 e. The van der Waals surface area contributed by atoms with E-state index in [-0.39, 0.29) is 24.5 Å². The van der Waals surface area contributed by atoms with Crippen LogP contribution in [0.5, 0.6) is 0 Å². The molecule has 0 saturated carbocycles. The zero-order valence-electron chi connectivity index (χ0n) is 9.02. The summed E-state index contributed by atoms with van der Waals surface area (Å²) >= 11 is 0. The fourth-order valence-corrected chi connectivity index (χ4v) is 1.68. The van der Waals surface area contributed by atoms with Gasteiger partial charge in [-0.25, -0.2) is 0 Å². The third-order valence-corrected chi connectivity index (χ3v) is 2.85. The van der Waals surface area contributed by atoms with Crippen LogP contribution in [0.2, 0.25) is 0 Å². The summed E-state index contributed by atoms with van der Waals surface area (Å²) in [5.41, 5.74) is 0.936. The van der Waals surface area contributed by atoms with E-state index in [1.165, 1.54) is 0 Å². The average molecular weight is 220 g/mol. The Balaban J connectivity index is 1.97. The van der Waals surface area contributed by atoms with Crippen LogP contribution in [0.1, 0.15) is 11.6 Å². The summed E-state index contributed by atoms with van der Waals surface area (Å²) in [6, 6.07) is 9.22. The van der Waals surface area contributed by atoms with Crippen LogP contribution in [0, 0.1) is 5.92 Å². The summed E-state index contributed by atoms with van der Waals surface area (Å²) in [5, 5.41) is 15.2. The number of hydrogen-bond acceptors (Lipinski definition) is 3. The van der Waals surface area contributed by atoms with Crippen LogP contribution in [0.3, 0.4) is 0 Å². The van der Waals surface area contributed by atoms with E-state index in [1.54, 1.807) is 0 Å². The second-order valence-corrected chi connectivity index (χ2v) is 4.01. The number of aliphatic hydroxyl groups is 1. The van der Waals surface area contributed by atoms with E-state index in [1.807, 2.05) is 30.3 Å². The van der Waals surface area contributed by atoms with Crippen molar-refractivity contribution in [3.8, 4) is 0 Å². The molecule has 2 rings (SSSR count). The van der Waals surface area contributed by atoms with Crippen molar-refractivity contribution in [2.75, 3.05) is 19.7 Å². The lowest BCUT2D eigenvalue weighted by atomic mass is 10.0. The molecule has 1 saturated heterocycles. The van der Waals surface area contributed by atoms with Crippen LogP contribution in [0.25, 0.3) is 0 Å². The number of amides is 1. The molecule has 1 atom stereocenters. The van der Waals surface area contributed by atoms with Crippen molar-refractivity contribution in [3.63, 3.8) is 0 Å². The topological polar surface area (TPSA) is 61.4 Å². The third kappa shape index (κ3) is 2.40. The first-order chi connectivity index (χ1) is 7.81. The first kappa shape index (κ1) is 11.1. The SMILES string of the molecule is O=C(N[C@@H](CO)c1ccccc1)C1CNC1. The van der Waals surface area contributed by atoms with Gasteiger partial charge in [0, 0.05) is 13.1 Å². The van der Waals surface area contributed by atoms with Gasteiger partial charge in [0.05, 0.1) is 18.6 Å². The maximum absolute atomic E-state index is 11.7. The Morgan fingerprint density at radius 2 is 2.12 bits per heavy atom. The molecule has 3 N–H and O–H groups in total. The summed E-state index contributed by atoms with van der Waals surface area (Å²) in [5.74, 6) is 0.0689. The second-order valence-electron chi connectivity index (χ2n) is 4.01. The van der Waals surface area contributed by atoms with Crippen molar-refractivity contribution in [2.24, 2.45) is 5.92 Å². The van der Waals surface area contributed by atoms with Gasteiger partial charge < -0.3 is 15.7 Å². The minimum Gasteiger partial charge on any atom is -0.394 e. The average Bonchev–Trinajstić information content (AvgIpc) is 2.24. The van der Waals surface area contributed by atoms with E-state index >= 15 is 0 Å². The monoisotopic (exact) mass is 220 g/mol. The Morgan fingerprint density at radius 3 is 2.62 bits per heavy atom. The van der Waals surface area contributed by atoms with Gasteiger partial charge in [0.1, 0.15) is 0 Å². The molecule has 1 amide bonds. The number of carbonyl (C=O) groups excluding carboxylic acids is 1. The van der Waals surface area contributed by atoms with E-state index in [9.17, 15) is 9.90 Å². The Hall–Kier alpha value is -1.39. The Labute approximate surface area is 94.7 Å². The number of hydrogen-bond donors (Lipinski definition) is 3. The summed E-state index contributed by atoms with van der Waals surface area (Å²) in [4.78, 5) is 11.7. The molecular formula is C12H16N2O2. The van der Waals surface area contributed by atoms with Crippen molar-refractivity contribution < 1.29 is 9.90 Å². The molecule has 1 aliphatic rings. The predicted molar refractivity (Wildman–Crippen MR) is 60.8 cm³/mol. The molecule has 1 heterocycles. The van der Waals surface area contributed by atoms with E-state index in [4.69, 9.17) is 0 Å². The van der Waals surface area contributed by atoms with Gasteiger partial charge in [-0.15, -0.1) is 0 Å². The number of aliphatic hydroxyl groups excluding tert-OH is 1. The van der Waals surface area contributed by atoms with Gasteiger partial charge in [0.2, 0.25) is 5.91 Å². The van der Waals surface area contributed by atoms with Gasteiger partial charge in [0.15, 0.2) is 0 Å². The normalized spacial score (nSPS) is 17.6. The van der Waals surface area contributed by atoms with Gasteiger partial charge >= 0.3 is 0 Å². The predicted octanol–water partition coefficient (Wildman–Crippen LogP) is 0.0556. The summed E-state index contributed by atoms with van der Waals surface area (Å²) < 4.78 is 0.